The molecule has 0 amide bonds. The van der Waals surface area contributed by atoms with Gasteiger partial charge in [-0.2, -0.15) is 0 Å². The van der Waals surface area contributed by atoms with E-state index < -0.39 is 41.7 Å². The summed E-state index contributed by atoms with van der Waals surface area (Å²) in [7, 11) is 0. The van der Waals surface area contributed by atoms with Gasteiger partial charge in [-0.05, 0) is 22.0 Å². The highest BCUT2D eigenvalue weighted by atomic mass is 79.9. The number of rotatable bonds is 7. The summed E-state index contributed by atoms with van der Waals surface area (Å²) in [5.74, 6) is -1.07. The number of thioether (sulfide) groups is 1. The zero-order valence-electron chi connectivity index (χ0n) is 14.6. The van der Waals surface area contributed by atoms with Crippen molar-refractivity contribution in [2.45, 2.75) is 48.5 Å². The molecule has 1 aromatic rings. The van der Waals surface area contributed by atoms with E-state index in [1.54, 1.807) is 12.4 Å². The first-order chi connectivity index (χ1) is 12.8. The van der Waals surface area contributed by atoms with Crippen LogP contribution in [0.3, 0.4) is 0 Å². The number of aromatic nitrogens is 1. The number of pyridine rings is 1. The highest BCUT2D eigenvalue weighted by Crippen LogP contribution is 2.35. The number of nitrogens with two attached hydrogens (primary N) is 1. The molecule has 0 radical (unpaired) electrons. The van der Waals surface area contributed by atoms with E-state index in [1.165, 1.54) is 25.6 Å². The van der Waals surface area contributed by atoms with Crippen LogP contribution in [0, 0.1) is 0 Å². The third-order valence-electron chi connectivity index (χ3n) is 3.60. The Balaban J connectivity index is 2.27. The van der Waals surface area contributed by atoms with E-state index in [1.807, 2.05) is 6.07 Å². The number of esters is 2. The number of hydrogen-bond donors (Lipinski definition) is 1. The van der Waals surface area contributed by atoms with E-state index >= 15 is 0 Å². The fourth-order valence-corrected chi connectivity index (χ4v) is 4.20. The molecule has 0 aliphatic carbocycles. The standard InChI is InChI=1S/C16H19BrN2O7S/c1-8(21)23-6-12-14(24-7-20)13(18)15(25-9(2)22)16(26-12)27-11-3-10(17)4-19-5-11/h3-5,7,12-16H,6,18H2,1-2H3. The molecule has 1 aliphatic rings. The lowest BCUT2D eigenvalue weighted by Gasteiger charge is -2.43. The number of halogens is 1. The molecule has 5 unspecified atom stereocenters. The van der Waals surface area contributed by atoms with E-state index in [2.05, 4.69) is 20.9 Å². The molecule has 148 valence electrons. The fraction of sp³-hybridized carbons (Fsp3) is 0.500. The predicted octanol–water partition coefficient (Wildman–Crippen LogP) is 1.02. The molecule has 9 nitrogen and oxygen atoms in total. The monoisotopic (exact) mass is 462 g/mol. The van der Waals surface area contributed by atoms with Crippen molar-refractivity contribution >= 4 is 46.1 Å². The van der Waals surface area contributed by atoms with Gasteiger partial charge in [-0.3, -0.25) is 19.4 Å². The van der Waals surface area contributed by atoms with Gasteiger partial charge in [0, 0.05) is 35.6 Å². The second kappa shape index (κ2) is 10.0. The van der Waals surface area contributed by atoms with Crippen LogP contribution in [-0.2, 0) is 33.3 Å². The summed E-state index contributed by atoms with van der Waals surface area (Å²) in [6.07, 6.45) is 0.565. The van der Waals surface area contributed by atoms with Crippen LogP contribution in [0.15, 0.2) is 27.8 Å². The molecule has 0 spiro atoms. The Bertz CT molecular complexity index is 690. The molecule has 27 heavy (non-hydrogen) atoms. The van der Waals surface area contributed by atoms with Crippen LogP contribution >= 0.6 is 27.7 Å². The van der Waals surface area contributed by atoms with Crippen LogP contribution in [0.25, 0.3) is 0 Å². The maximum atomic E-state index is 11.5. The lowest BCUT2D eigenvalue weighted by molar-refractivity contribution is -0.196. The van der Waals surface area contributed by atoms with Gasteiger partial charge in [-0.1, -0.05) is 11.8 Å². The summed E-state index contributed by atoms with van der Waals surface area (Å²) in [6, 6.07) is 0.929. The largest absolute Gasteiger partial charge is 0.463 e. The molecule has 1 aliphatic heterocycles. The predicted molar refractivity (Wildman–Crippen MR) is 97.6 cm³/mol. The van der Waals surface area contributed by atoms with Crippen LogP contribution in [-0.4, -0.2) is 59.8 Å². The molecule has 2 N–H and O–H groups in total. The van der Waals surface area contributed by atoms with Crippen LogP contribution < -0.4 is 5.73 Å². The van der Waals surface area contributed by atoms with Gasteiger partial charge >= 0.3 is 11.9 Å². The van der Waals surface area contributed by atoms with Gasteiger partial charge in [0.2, 0.25) is 0 Å². The molecule has 1 fully saturated rings. The minimum atomic E-state index is -0.955. The molecule has 0 saturated carbocycles. The van der Waals surface area contributed by atoms with E-state index in [0.29, 0.717) is 0 Å². The number of carbonyl (C=O) groups is 3. The van der Waals surface area contributed by atoms with Crippen molar-refractivity contribution in [1.29, 1.82) is 0 Å². The van der Waals surface area contributed by atoms with Gasteiger partial charge in [0.05, 0.1) is 6.04 Å². The zero-order valence-corrected chi connectivity index (χ0v) is 17.0. The quantitative estimate of drug-likeness (QED) is 0.356. The zero-order chi connectivity index (χ0) is 20.0. The Kier molecular flexibility index (Phi) is 8.02. The summed E-state index contributed by atoms with van der Waals surface area (Å²) in [5.41, 5.74) is 5.48. The third-order valence-corrected chi connectivity index (χ3v) is 5.14. The van der Waals surface area contributed by atoms with Gasteiger partial charge in [0.25, 0.3) is 6.47 Å². The molecule has 1 aromatic heterocycles. The van der Waals surface area contributed by atoms with Crippen molar-refractivity contribution in [3.8, 4) is 0 Å². The van der Waals surface area contributed by atoms with Gasteiger partial charge in [-0.25, -0.2) is 0 Å². The number of ether oxygens (including phenoxy) is 4. The van der Waals surface area contributed by atoms with Gasteiger partial charge < -0.3 is 24.7 Å². The normalized spacial score (nSPS) is 27.5. The minimum Gasteiger partial charge on any atom is -0.463 e. The van der Waals surface area contributed by atoms with Crippen molar-refractivity contribution in [1.82, 2.24) is 4.98 Å². The summed E-state index contributed by atoms with van der Waals surface area (Å²) in [6.45, 7) is 2.56. The molecule has 11 heteroatoms. The molecule has 2 rings (SSSR count). The molecule has 2 heterocycles. The van der Waals surface area contributed by atoms with E-state index in [4.69, 9.17) is 24.7 Å². The summed E-state index contributed by atoms with van der Waals surface area (Å²) in [4.78, 5) is 38.4. The van der Waals surface area contributed by atoms with Gasteiger partial charge in [0.1, 0.15) is 24.3 Å². The number of hydrogen-bond acceptors (Lipinski definition) is 10. The molecule has 1 saturated heterocycles. The van der Waals surface area contributed by atoms with Crippen LogP contribution in [0.2, 0.25) is 0 Å². The maximum absolute atomic E-state index is 11.5. The van der Waals surface area contributed by atoms with Gasteiger partial charge in [0.15, 0.2) is 6.10 Å². The van der Waals surface area contributed by atoms with E-state index in [0.717, 1.165) is 9.37 Å². The van der Waals surface area contributed by atoms with E-state index in [9.17, 15) is 14.4 Å². The summed E-state index contributed by atoms with van der Waals surface area (Å²) < 4.78 is 22.0. The Labute approximate surface area is 168 Å². The van der Waals surface area contributed by atoms with Crippen molar-refractivity contribution in [3.63, 3.8) is 0 Å². The number of nitrogens with zero attached hydrogens (tertiary/aromatic N) is 1. The van der Waals surface area contributed by atoms with Crippen molar-refractivity contribution < 1.29 is 33.3 Å². The Morgan fingerprint density at radius 3 is 2.67 bits per heavy atom. The lowest BCUT2D eigenvalue weighted by atomic mass is 9.98. The first-order valence-electron chi connectivity index (χ1n) is 7.89. The highest BCUT2D eigenvalue weighted by molar-refractivity contribution is 9.10. The molecule has 5 atom stereocenters. The van der Waals surface area contributed by atoms with E-state index in [-0.39, 0.29) is 13.1 Å². The second-order valence-electron chi connectivity index (χ2n) is 5.65. The topological polar surface area (TPSA) is 127 Å². The summed E-state index contributed by atoms with van der Waals surface area (Å²) in [5, 5.41) is 0. The fourth-order valence-electron chi connectivity index (χ4n) is 2.53. The molecule has 0 aromatic carbocycles. The van der Waals surface area contributed by atoms with Crippen molar-refractivity contribution in [2.75, 3.05) is 6.61 Å². The van der Waals surface area contributed by atoms with Crippen LogP contribution in [0.1, 0.15) is 13.8 Å². The van der Waals surface area contributed by atoms with Crippen molar-refractivity contribution in [2.24, 2.45) is 5.73 Å². The van der Waals surface area contributed by atoms with Crippen LogP contribution in [0.5, 0.6) is 0 Å². The summed E-state index contributed by atoms with van der Waals surface area (Å²) >= 11 is 4.57. The molecular weight excluding hydrogens is 444 g/mol. The lowest BCUT2D eigenvalue weighted by Crippen LogP contribution is -2.63. The van der Waals surface area contributed by atoms with Crippen LogP contribution in [0.4, 0.5) is 0 Å². The first kappa shape index (κ1) is 21.6. The minimum absolute atomic E-state index is 0.165. The average Bonchev–Trinajstić information content (AvgIpc) is 2.59. The van der Waals surface area contributed by atoms with Gasteiger partial charge in [-0.15, -0.1) is 0 Å². The maximum Gasteiger partial charge on any atom is 0.303 e. The van der Waals surface area contributed by atoms with Crippen molar-refractivity contribution in [3.05, 3.63) is 22.9 Å². The first-order valence-corrected chi connectivity index (χ1v) is 9.57. The smallest absolute Gasteiger partial charge is 0.303 e. The average molecular weight is 463 g/mol. The second-order valence-corrected chi connectivity index (χ2v) is 7.74. The Morgan fingerprint density at radius 2 is 2.07 bits per heavy atom. The molecule has 0 bridgehead atoms. The Hall–Kier alpha value is -1.69. The third kappa shape index (κ3) is 6.16. The SMILES string of the molecule is CC(=O)OCC1OC(Sc2cncc(Br)c2)C(OC(C)=O)C(N)C1OC=O. The molecular formula is C16H19BrN2O7S. The number of carbonyl (C=O) groups excluding carboxylic acids is 3. The highest BCUT2D eigenvalue weighted by Gasteiger charge is 2.48. The Morgan fingerprint density at radius 1 is 1.33 bits per heavy atom.